The van der Waals surface area contributed by atoms with Crippen LogP contribution in [0.5, 0.6) is 0 Å². The van der Waals surface area contributed by atoms with E-state index < -0.39 is 23.7 Å². The molecule has 2 rings (SSSR count). The van der Waals surface area contributed by atoms with Crippen LogP contribution in [0.3, 0.4) is 0 Å². The zero-order valence-corrected chi connectivity index (χ0v) is 14.6. The van der Waals surface area contributed by atoms with Crippen LogP contribution in [0, 0.1) is 5.82 Å². The summed E-state index contributed by atoms with van der Waals surface area (Å²) >= 11 is 7.63. The number of nitrogens with zero attached hydrogens (tertiary/aromatic N) is 1. The van der Waals surface area contributed by atoms with Crippen LogP contribution in [0.25, 0.3) is 6.08 Å². The number of benzene rings is 1. The molecular formula is C15H13FNO3S3-. The van der Waals surface area contributed by atoms with Crippen LogP contribution in [0.4, 0.5) is 4.39 Å². The number of carboxylic acids is 1. The topological polar surface area (TPSA) is 60.4 Å². The Bertz CT molecular complexity index is 678. The van der Waals surface area contributed by atoms with Crippen LogP contribution in [-0.2, 0) is 9.59 Å². The van der Waals surface area contributed by atoms with Gasteiger partial charge in [0.25, 0.3) is 5.91 Å². The van der Waals surface area contributed by atoms with E-state index in [2.05, 4.69) is 0 Å². The molecule has 0 aromatic heterocycles. The molecule has 122 valence electrons. The Morgan fingerprint density at radius 1 is 1.57 bits per heavy atom. The summed E-state index contributed by atoms with van der Waals surface area (Å²) in [6.45, 7) is 0. The van der Waals surface area contributed by atoms with Gasteiger partial charge in [0.15, 0.2) is 0 Å². The minimum atomic E-state index is -1.33. The third-order valence-electron chi connectivity index (χ3n) is 3.15. The number of thioether (sulfide) groups is 2. The first-order valence-electron chi connectivity index (χ1n) is 6.66. The fourth-order valence-electron chi connectivity index (χ4n) is 2.08. The number of carbonyl (C=O) groups is 2. The largest absolute Gasteiger partial charge is 0.548 e. The molecule has 0 N–H and O–H groups in total. The van der Waals surface area contributed by atoms with Crippen LogP contribution in [0.1, 0.15) is 12.0 Å². The van der Waals surface area contributed by atoms with Gasteiger partial charge in [-0.3, -0.25) is 9.69 Å². The third-order valence-corrected chi connectivity index (χ3v) is 5.12. The van der Waals surface area contributed by atoms with Crippen LogP contribution in [0.15, 0.2) is 29.2 Å². The predicted octanol–water partition coefficient (Wildman–Crippen LogP) is 1.90. The molecule has 4 nitrogen and oxygen atoms in total. The average molecular weight is 370 g/mol. The zero-order chi connectivity index (χ0) is 17.0. The highest BCUT2D eigenvalue weighted by molar-refractivity contribution is 8.26. The molecule has 0 spiro atoms. The Morgan fingerprint density at radius 2 is 2.30 bits per heavy atom. The van der Waals surface area contributed by atoms with Crippen molar-refractivity contribution in [1.82, 2.24) is 4.90 Å². The lowest BCUT2D eigenvalue weighted by Gasteiger charge is -2.27. The molecule has 1 amide bonds. The predicted molar refractivity (Wildman–Crippen MR) is 93.2 cm³/mol. The molecule has 1 atom stereocenters. The van der Waals surface area contributed by atoms with Gasteiger partial charge in [-0.2, -0.15) is 11.8 Å². The molecule has 1 aromatic rings. The second kappa shape index (κ2) is 7.94. The summed E-state index contributed by atoms with van der Waals surface area (Å²) in [5.41, 5.74) is 0.514. The first-order chi connectivity index (χ1) is 10.9. The minimum Gasteiger partial charge on any atom is -0.548 e. The molecule has 1 aliphatic rings. The summed E-state index contributed by atoms with van der Waals surface area (Å²) in [6.07, 6.45) is 3.60. The van der Waals surface area contributed by atoms with Crippen LogP contribution >= 0.6 is 35.7 Å². The van der Waals surface area contributed by atoms with Crippen LogP contribution in [-0.4, -0.2) is 39.1 Å². The SMILES string of the molecule is CSCC[C@H](C(=O)[O-])N1C(=O)/C(=C\c2cccc(F)c2)SC1=S. The number of carbonyl (C=O) groups excluding carboxylic acids is 2. The number of aliphatic carboxylic acids is 1. The molecule has 1 heterocycles. The van der Waals surface area contributed by atoms with Crippen molar-refractivity contribution in [3.63, 3.8) is 0 Å². The molecule has 0 bridgehead atoms. The highest BCUT2D eigenvalue weighted by Crippen LogP contribution is 2.34. The first kappa shape index (κ1) is 18.0. The van der Waals surface area contributed by atoms with Gasteiger partial charge in [-0.1, -0.05) is 36.1 Å². The summed E-state index contributed by atoms with van der Waals surface area (Å²) in [7, 11) is 0. The van der Waals surface area contributed by atoms with Gasteiger partial charge in [-0.25, -0.2) is 4.39 Å². The van der Waals surface area contributed by atoms with Crippen molar-refractivity contribution in [2.75, 3.05) is 12.0 Å². The van der Waals surface area contributed by atoms with Gasteiger partial charge < -0.3 is 9.90 Å². The van der Waals surface area contributed by atoms with E-state index in [-0.39, 0.29) is 15.6 Å². The molecule has 8 heteroatoms. The third kappa shape index (κ3) is 4.33. The second-order valence-electron chi connectivity index (χ2n) is 4.72. The number of amides is 1. The maximum atomic E-state index is 13.2. The lowest BCUT2D eigenvalue weighted by Crippen LogP contribution is -2.50. The molecule has 0 aliphatic carbocycles. The Kier molecular flexibility index (Phi) is 6.20. The molecule has 1 fully saturated rings. The van der Waals surface area contributed by atoms with E-state index in [0.29, 0.717) is 11.3 Å². The van der Waals surface area contributed by atoms with Gasteiger partial charge in [0.1, 0.15) is 10.1 Å². The molecule has 1 aromatic carbocycles. The maximum Gasteiger partial charge on any atom is 0.266 e. The molecule has 23 heavy (non-hydrogen) atoms. The van der Waals surface area contributed by atoms with Gasteiger partial charge in [0.05, 0.1) is 16.9 Å². The molecule has 1 aliphatic heterocycles. The lowest BCUT2D eigenvalue weighted by atomic mass is 10.1. The minimum absolute atomic E-state index is 0.174. The molecule has 0 unspecified atom stereocenters. The van der Waals surface area contributed by atoms with Crippen molar-refractivity contribution >= 4 is 58.0 Å². The van der Waals surface area contributed by atoms with Crippen molar-refractivity contribution in [2.45, 2.75) is 12.5 Å². The van der Waals surface area contributed by atoms with Crippen molar-refractivity contribution in [2.24, 2.45) is 0 Å². The average Bonchev–Trinajstić information content (AvgIpc) is 2.75. The number of hydrogen-bond acceptors (Lipinski definition) is 6. The van der Waals surface area contributed by atoms with Crippen molar-refractivity contribution in [1.29, 1.82) is 0 Å². The number of carboxylic acid groups (broad SMARTS) is 1. The van der Waals surface area contributed by atoms with Crippen molar-refractivity contribution in [3.05, 3.63) is 40.6 Å². The van der Waals surface area contributed by atoms with E-state index in [9.17, 15) is 19.1 Å². The molecule has 0 saturated carbocycles. The molecular weight excluding hydrogens is 357 g/mol. The number of thiocarbonyl (C=S) groups is 1. The summed E-state index contributed by atoms with van der Waals surface area (Å²) in [5, 5.41) is 11.3. The van der Waals surface area contributed by atoms with E-state index in [1.165, 1.54) is 36.0 Å². The number of rotatable bonds is 6. The summed E-state index contributed by atoms with van der Waals surface area (Å²) < 4.78 is 13.4. The van der Waals surface area contributed by atoms with Crippen LogP contribution < -0.4 is 5.11 Å². The fourth-order valence-corrected chi connectivity index (χ4v) is 3.89. The summed E-state index contributed by atoms with van der Waals surface area (Å²) in [6, 6.07) is 4.69. The molecule has 1 saturated heterocycles. The van der Waals surface area contributed by atoms with E-state index in [0.717, 1.165) is 16.7 Å². The van der Waals surface area contributed by atoms with Crippen molar-refractivity contribution in [3.8, 4) is 0 Å². The quantitative estimate of drug-likeness (QED) is 0.563. The Morgan fingerprint density at radius 3 is 2.91 bits per heavy atom. The standard InChI is InChI=1S/C15H14FNO3S3/c1-22-6-5-11(14(19)20)17-13(18)12(23-15(17)21)8-9-3-2-4-10(16)7-9/h2-4,7-8,11H,5-6H2,1H3,(H,19,20)/p-1/b12-8+/t11-/m1/s1. The highest BCUT2D eigenvalue weighted by atomic mass is 32.2. The van der Waals surface area contributed by atoms with Gasteiger partial charge in [-0.05, 0) is 42.2 Å². The van der Waals surface area contributed by atoms with Crippen molar-refractivity contribution < 1.29 is 19.1 Å². The Balaban J connectivity index is 2.26. The summed E-state index contributed by atoms with van der Waals surface area (Å²) in [5.74, 6) is -1.66. The van der Waals surface area contributed by atoms with Gasteiger partial charge in [0, 0.05) is 0 Å². The monoisotopic (exact) mass is 370 g/mol. The normalized spacial score (nSPS) is 17.8. The van der Waals surface area contributed by atoms with Gasteiger partial charge >= 0.3 is 0 Å². The van der Waals surface area contributed by atoms with E-state index in [4.69, 9.17) is 12.2 Å². The number of hydrogen-bond donors (Lipinski definition) is 0. The maximum absolute atomic E-state index is 13.2. The van der Waals surface area contributed by atoms with E-state index in [1.54, 1.807) is 6.07 Å². The second-order valence-corrected chi connectivity index (χ2v) is 7.38. The zero-order valence-electron chi connectivity index (χ0n) is 12.2. The lowest BCUT2D eigenvalue weighted by molar-refractivity contribution is -0.310. The summed E-state index contributed by atoms with van der Waals surface area (Å²) in [4.78, 5) is 25.2. The van der Waals surface area contributed by atoms with E-state index in [1.807, 2.05) is 6.26 Å². The highest BCUT2D eigenvalue weighted by Gasteiger charge is 2.37. The van der Waals surface area contributed by atoms with Gasteiger partial charge in [-0.15, -0.1) is 0 Å². The smallest absolute Gasteiger partial charge is 0.266 e. The first-order valence-corrected chi connectivity index (χ1v) is 9.28. The van der Waals surface area contributed by atoms with Gasteiger partial charge in [0.2, 0.25) is 0 Å². The molecule has 0 radical (unpaired) electrons. The van der Waals surface area contributed by atoms with Crippen LogP contribution in [0.2, 0.25) is 0 Å². The fraction of sp³-hybridized carbons (Fsp3) is 0.267. The Labute approximate surface area is 147 Å². The van der Waals surface area contributed by atoms with E-state index >= 15 is 0 Å². The number of halogens is 1. The Hall–Kier alpha value is -1.38.